The zero-order valence-corrected chi connectivity index (χ0v) is 23.4. The number of nitrogens with zero attached hydrogens (tertiary/aromatic N) is 9. The maximum atomic E-state index is 12.5. The van der Waals surface area contributed by atoms with E-state index < -0.39 is 0 Å². The van der Waals surface area contributed by atoms with E-state index in [9.17, 15) is 10.1 Å². The SMILES string of the molecule is C=CC(=O)N1CCN(c2nc(OCC3CCCN3C)nc3c2CCN(c2nncc4ccccc24)C3)CC1CC#N. The molecule has 41 heavy (non-hydrogen) atoms. The molecule has 3 aliphatic rings. The molecule has 2 unspecified atom stereocenters. The summed E-state index contributed by atoms with van der Waals surface area (Å²) in [7, 11) is 2.13. The first-order valence-electron chi connectivity index (χ1n) is 14.3. The molecule has 11 nitrogen and oxygen atoms in total. The second-order valence-corrected chi connectivity index (χ2v) is 11.0. The standard InChI is InChI=1S/C30H35N9O2/c1-3-27(40)39-16-15-38(18-22(39)10-12-31)28-25-11-14-37(29-24-9-5-4-7-21(24)17-32-35-29)19-26(25)33-30(34-28)41-20-23-8-6-13-36(23)2/h3-5,7,9,17,22-23H,1,6,8,10-11,13-16,18-20H2,2H3. The van der Waals surface area contributed by atoms with Gasteiger partial charge in [0.25, 0.3) is 0 Å². The fraction of sp³-hybridized carbons (Fsp3) is 0.467. The minimum atomic E-state index is -0.243. The van der Waals surface area contributed by atoms with Crippen LogP contribution in [0.1, 0.15) is 30.5 Å². The lowest BCUT2D eigenvalue weighted by molar-refractivity contribution is -0.128. The maximum Gasteiger partial charge on any atom is 0.318 e. The molecule has 0 radical (unpaired) electrons. The van der Waals surface area contributed by atoms with E-state index in [1.54, 1.807) is 11.1 Å². The Balaban J connectivity index is 1.33. The van der Waals surface area contributed by atoms with Crippen LogP contribution in [-0.2, 0) is 17.8 Å². The van der Waals surface area contributed by atoms with Crippen LogP contribution < -0.4 is 14.5 Å². The van der Waals surface area contributed by atoms with Crippen LogP contribution in [0.5, 0.6) is 6.01 Å². The van der Waals surface area contributed by atoms with Crippen molar-refractivity contribution in [3.63, 3.8) is 0 Å². The maximum absolute atomic E-state index is 12.5. The van der Waals surface area contributed by atoms with Crippen LogP contribution in [0, 0.1) is 11.3 Å². The van der Waals surface area contributed by atoms with Gasteiger partial charge in [-0.25, -0.2) is 0 Å². The van der Waals surface area contributed by atoms with Crippen LogP contribution in [0.15, 0.2) is 43.1 Å². The highest BCUT2D eigenvalue weighted by Crippen LogP contribution is 2.33. The van der Waals surface area contributed by atoms with Crippen LogP contribution >= 0.6 is 0 Å². The lowest BCUT2D eigenvalue weighted by Gasteiger charge is -2.42. The van der Waals surface area contributed by atoms with E-state index in [0.29, 0.717) is 44.8 Å². The predicted octanol–water partition coefficient (Wildman–Crippen LogP) is 2.57. The number of carbonyl (C=O) groups excluding carboxylic acids is 1. The third kappa shape index (κ3) is 5.39. The molecule has 0 spiro atoms. The molecule has 3 aromatic rings. The number of likely N-dealkylation sites (N-methyl/N-ethyl adjacent to an activating group) is 1. The van der Waals surface area contributed by atoms with Gasteiger partial charge in [-0.3, -0.25) is 4.79 Å². The van der Waals surface area contributed by atoms with Gasteiger partial charge in [0.2, 0.25) is 5.91 Å². The first kappa shape index (κ1) is 26.9. The minimum absolute atomic E-state index is 0.147. The van der Waals surface area contributed by atoms with E-state index in [1.807, 2.05) is 18.2 Å². The topological polar surface area (TPSA) is 115 Å². The largest absolute Gasteiger partial charge is 0.462 e. The summed E-state index contributed by atoms with van der Waals surface area (Å²) in [4.78, 5) is 30.9. The quantitative estimate of drug-likeness (QED) is 0.404. The van der Waals surface area contributed by atoms with E-state index >= 15 is 0 Å². The van der Waals surface area contributed by atoms with Crippen LogP contribution in [-0.4, -0.2) is 94.3 Å². The zero-order valence-electron chi connectivity index (χ0n) is 23.4. The number of hydrogen-bond acceptors (Lipinski definition) is 10. The van der Waals surface area contributed by atoms with Gasteiger partial charge in [0.05, 0.1) is 37.0 Å². The van der Waals surface area contributed by atoms with Gasteiger partial charge >= 0.3 is 6.01 Å². The fourth-order valence-electron chi connectivity index (χ4n) is 6.24. The summed E-state index contributed by atoms with van der Waals surface area (Å²) in [6.07, 6.45) is 6.34. The molecule has 0 saturated carbocycles. The molecule has 0 aliphatic carbocycles. The molecule has 1 aromatic carbocycles. The highest BCUT2D eigenvalue weighted by Gasteiger charge is 2.34. The average molecular weight is 554 g/mol. The Morgan fingerprint density at radius 1 is 1.15 bits per heavy atom. The molecule has 0 N–H and O–H groups in total. The number of carbonyl (C=O) groups is 1. The number of likely N-dealkylation sites (tertiary alicyclic amines) is 1. The normalized spacial score (nSPS) is 21.0. The number of rotatable bonds is 7. The highest BCUT2D eigenvalue weighted by molar-refractivity contribution is 5.91. The van der Waals surface area contributed by atoms with Crippen molar-refractivity contribution < 1.29 is 9.53 Å². The Morgan fingerprint density at radius 2 is 2.02 bits per heavy atom. The van der Waals surface area contributed by atoms with Gasteiger partial charge in [-0.1, -0.05) is 30.8 Å². The van der Waals surface area contributed by atoms with Gasteiger partial charge in [-0.2, -0.15) is 20.3 Å². The molecule has 2 atom stereocenters. The van der Waals surface area contributed by atoms with Crippen molar-refractivity contribution in [2.45, 2.75) is 44.3 Å². The molecule has 11 heteroatoms. The molecule has 3 aliphatic heterocycles. The molecule has 5 heterocycles. The molecule has 2 fully saturated rings. The number of hydrogen-bond donors (Lipinski definition) is 0. The van der Waals surface area contributed by atoms with Crippen molar-refractivity contribution in [2.24, 2.45) is 0 Å². The van der Waals surface area contributed by atoms with Crippen molar-refractivity contribution >= 4 is 28.3 Å². The second kappa shape index (κ2) is 11.7. The number of ether oxygens (including phenoxy) is 1. The smallest absolute Gasteiger partial charge is 0.318 e. The summed E-state index contributed by atoms with van der Waals surface area (Å²) in [5.74, 6) is 1.53. The summed E-state index contributed by atoms with van der Waals surface area (Å²) in [5, 5.41) is 20.4. The van der Waals surface area contributed by atoms with Crippen molar-refractivity contribution in [3.8, 4) is 12.1 Å². The molecule has 1 amide bonds. The van der Waals surface area contributed by atoms with Crippen molar-refractivity contribution in [2.75, 3.05) is 56.2 Å². The summed E-state index contributed by atoms with van der Waals surface area (Å²) < 4.78 is 6.25. The highest BCUT2D eigenvalue weighted by atomic mass is 16.5. The molecule has 212 valence electrons. The van der Waals surface area contributed by atoms with Gasteiger partial charge in [0.15, 0.2) is 5.82 Å². The number of amides is 1. The summed E-state index contributed by atoms with van der Waals surface area (Å²) in [6, 6.07) is 10.9. The Morgan fingerprint density at radius 3 is 2.83 bits per heavy atom. The fourth-order valence-corrected chi connectivity index (χ4v) is 6.24. The lowest BCUT2D eigenvalue weighted by Crippen LogP contribution is -2.55. The minimum Gasteiger partial charge on any atom is -0.462 e. The number of anilines is 2. The van der Waals surface area contributed by atoms with Gasteiger partial charge < -0.3 is 24.3 Å². The number of piperazine rings is 1. The number of fused-ring (bicyclic) bond motifs is 2. The third-order valence-corrected chi connectivity index (χ3v) is 8.52. The van der Waals surface area contributed by atoms with Crippen LogP contribution in [0.25, 0.3) is 10.8 Å². The van der Waals surface area contributed by atoms with Crippen molar-refractivity contribution in [1.82, 2.24) is 30.0 Å². The van der Waals surface area contributed by atoms with Crippen molar-refractivity contribution in [1.29, 1.82) is 5.26 Å². The first-order valence-corrected chi connectivity index (χ1v) is 14.3. The number of aromatic nitrogens is 4. The predicted molar refractivity (Wildman–Crippen MR) is 156 cm³/mol. The van der Waals surface area contributed by atoms with Crippen LogP contribution in [0.3, 0.4) is 0 Å². The Bertz CT molecular complexity index is 1480. The summed E-state index contributed by atoms with van der Waals surface area (Å²) in [5.41, 5.74) is 1.99. The van der Waals surface area contributed by atoms with E-state index in [-0.39, 0.29) is 18.4 Å². The number of benzene rings is 1. The lowest BCUT2D eigenvalue weighted by atomic mass is 10.0. The third-order valence-electron chi connectivity index (χ3n) is 8.52. The van der Waals surface area contributed by atoms with Crippen LogP contribution in [0.4, 0.5) is 11.6 Å². The molecule has 6 rings (SSSR count). The summed E-state index contributed by atoms with van der Waals surface area (Å²) >= 11 is 0. The molecular formula is C30H35N9O2. The Kier molecular flexibility index (Phi) is 7.65. The zero-order chi connectivity index (χ0) is 28.3. The van der Waals surface area contributed by atoms with Gasteiger partial charge in [-0.05, 0) is 38.9 Å². The summed E-state index contributed by atoms with van der Waals surface area (Å²) in [6.45, 7) is 8.17. The average Bonchev–Trinajstić information content (AvgIpc) is 3.43. The van der Waals surface area contributed by atoms with Gasteiger partial charge in [-0.15, -0.1) is 5.10 Å². The van der Waals surface area contributed by atoms with Gasteiger partial charge in [0.1, 0.15) is 12.4 Å². The number of nitriles is 1. The van der Waals surface area contributed by atoms with Crippen molar-refractivity contribution in [3.05, 3.63) is 54.4 Å². The van der Waals surface area contributed by atoms with Gasteiger partial charge in [0, 0.05) is 48.6 Å². The van der Waals surface area contributed by atoms with E-state index in [1.165, 1.54) is 6.08 Å². The van der Waals surface area contributed by atoms with E-state index in [4.69, 9.17) is 14.7 Å². The Hall–Kier alpha value is -4.30. The molecule has 2 saturated heterocycles. The monoisotopic (exact) mass is 553 g/mol. The molecule has 0 bridgehead atoms. The van der Waals surface area contributed by atoms with Crippen LogP contribution in [0.2, 0.25) is 0 Å². The second-order valence-electron chi connectivity index (χ2n) is 11.0. The Labute approximate surface area is 240 Å². The molecule has 2 aromatic heterocycles. The first-order chi connectivity index (χ1) is 20.1. The van der Waals surface area contributed by atoms with E-state index in [0.717, 1.165) is 66.0 Å². The van der Waals surface area contributed by atoms with E-state index in [2.05, 4.69) is 50.7 Å². The molecular weight excluding hydrogens is 518 g/mol.